The lowest BCUT2D eigenvalue weighted by Gasteiger charge is -2.35. The quantitative estimate of drug-likeness (QED) is 0.554. The summed E-state index contributed by atoms with van der Waals surface area (Å²) in [4.78, 5) is 36.4. The molecule has 0 aromatic carbocycles. The van der Waals surface area contributed by atoms with Gasteiger partial charge in [0.2, 0.25) is 5.91 Å². The number of carbonyl (C=O) groups excluding carboxylic acids is 2. The van der Waals surface area contributed by atoms with Crippen LogP contribution in [0, 0.1) is 0 Å². The van der Waals surface area contributed by atoms with E-state index in [1.165, 1.54) is 0 Å². The largest absolute Gasteiger partial charge is 0.480 e. The molecule has 0 saturated carbocycles. The minimum absolute atomic E-state index is 0.0167. The summed E-state index contributed by atoms with van der Waals surface area (Å²) in [5, 5.41) is 11.0. The van der Waals surface area contributed by atoms with Crippen molar-refractivity contribution in [1.29, 1.82) is 0 Å². The number of urea groups is 1. The summed E-state index contributed by atoms with van der Waals surface area (Å²) in [6.45, 7) is 3.49. The molecule has 102 valence electrons. The zero-order valence-corrected chi connectivity index (χ0v) is 10.3. The van der Waals surface area contributed by atoms with Crippen molar-refractivity contribution in [2.45, 2.75) is 13.0 Å². The lowest BCUT2D eigenvalue weighted by atomic mass is 10.2. The lowest BCUT2D eigenvalue weighted by molar-refractivity contribution is -0.139. The summed E-state index contributed by atoms with van der Waals surface area (Å²) in [6, 6.07) is -1.39. The molecular formula is C10H18N4O4. The van der Waals surface area contributed by atoms with E-state index in [1.807, 2.05) is 0 Å². The Bertz CT molecular complexity index is 339. The number of nitrogens with two attached hydrogens (primary N) is 1. The molecule has 1 aliphatic heterocycles. The zero-order valence-electron chi connectivity index (χ0n) is 10.3. The lowest BCUT2D eigenvalue weighted by Crippen LogP contribution is -2.55. The van der Waals surface area contributed by atoms with E-state index >= 15 is 0 Å². The summed E-state index contributed by atoms with van der Waals surface area (Å²) < 4.78 is 0. The van der Waals surface area contributed by atoms with E-state index in [9.17, 15) is 14.4 Å². The fourth-order valence-corrected chi connectivity index (χ4v) is 1.87. The number of carbonyl (C=O) groups is 3. The van der Waals surface area contributed by atoms with Crippen molar-refractivity contribution in [3.05, 3.63) is 0 Å². The average Bonchev–Trinajstić information content (AvgIpc) is 2.27. The molecule has 4 N–H and O–H groups in total. The van der Waals surface area contributed by atoms with Gasteiger partial charge in [0.1, 0.15) is 6.04 Å². The second-order valence-corrected chi connectivity index (χ2v) is 4.23. The SMILES string of the molecule is CC(NC(N)=O)C(=O)N1CCN(CC(=O)O)CC1. The highest BCUT2D eigenvalue weighted by molar-refractivity contribution is 5.86. The normalized spacial score (nSPS) is 18.2. The van der Waals surface area contributed by atoms with Gasteiger partial charge in [0.25, 0.3) is 0 Å². The van der Waals surface area contributed by atoms with Gasteiger partial charge >= 0.3 is 12.0 Å². The smallest absolute Gasteiger partial charge is 0.317 e. The number of hydrogen-bond donors (Lipinski definition) is 3. The number of nitrogens with one attached hydrogen (secondary N) is 1. The molecule has 1 saturated heterocycles. The average molecular weight is 258 g/mol. The molecule has 1 fully saturated rings. The topological polar surface area (TPSA) is 116 Å². The number of carboxylic acids is 1. The molecule has 1 unspecified atom stereocenters. The summed E-state index contributed by atoms with van der Waals surface area (Å²) in [5.74, 6) is -1.08. The van der Waals surface area contributed by atoms with E-state index in [1.54, 1.807) is 16.7 Å². The van der Waals surface area contributed by atoms with Crippen molar-refractivity contribution in [3.8, 4) is 0 Å². The van der Waals surface area contributed by atoms with Crippen LogP contribution in [0.2, 0.25) is 0 Å². The van der Waals surface area contributed by atoms with Crippen LogP contribution in [0.3, 0.4) is 0 Å². The molecule has 0 aliphatic carbocycles. The second kappa shape index (κ2) is 6.20. The molecule has 1 atom stereocenters. The van der Waals surface area contributed by atoms with Gasteiger partial charge in [-0.1, -0.05) is 0 Å². The van der Waals surface area contributed by atoms with Crippen LogP contribution in [-0.2, 0) is 9.59 Å². The molecule has 0 bridgehead atoms. The Labute approximate surface area is 105 Å². The third kappa shape index (κ3) is 4.21. The van der Waals surface area contributed by atoms with E-state index in [-0.39, 0.29) is 12.5 Å². The second-order valence-electron chi connectivity index (χ2n) is 4.23. The van der Waals surface area contributed by atoms with Crippen LogP contribution < -0.4 is 11.1 Å². The highest BCUT2D eigenvalue weighted by Gasteiger charge is 2.25. The highest BCUT2D eigenvalue weighted by Crippen LogP contribution is 2.03. The van der Waals surface area contributed by atoms with Crippen LogP contribution in [0.4, 0.5) is 4.79 Å². The minimum atomic E-state index is -0.876. The summed E-state index contributed by atoms with van der Waals surface area (Å²) in [5.41, 5.74) is 4.94. The Balaban J connectivity index is 2.40. The molecule has 0 aromatic heterocycles. The van der Waals surface area contributed by atoms with Gasteiger partial charge in [-0.25, -0.2) is 4.79 Å². The first-order valence-electron chi connectivity index (χ1n) is 5.69. The fraction of sp³-hybridized carbons (Fsp3) is 0.700. The molecule has 1 rings (SSSR count). The van der Waals surface area contributed by atoms with Crippen molar-refractivity contribution >= 4 is 17.9 Å². The minimum Gasteiger partial charge on any atom is -0.480 e. The summed E-state index contributed by atoms with van der Waals surface area (Å²) in [6.07, 6.45) is 0. The van der Waals surface area contributed by atoms with Gasteiger partial charge in [-0.15, -0.1) is 0 Å². The standard InChI is InChI=1S/C10H18N4O4/c1-7(12-10(11)18)9(17)14-4-2-13(3-5-14)6-8(15)16/h7H,2-6H2,1H3,(H,15,16)(H3,11,12,18). The van der Waals surface area contributed by atoms with Gasteiger partial charge in [-0.2, -0.15) is 0 Å². The maximum Gasteiger partial charge on any atom is 0.317 e. The predicted molar refractivity (Wildman–Crippen MR) is 62.8 cm³/mol. The van der Waals surface area contributed by atoms with Crippen LogP contribution in [-0.4, -0.2) is 71.6 Å². The Hall–Kier alpha value is -1.83. The van der Waals surface area contributed by atoms with E-state index in [2.05, 4.69) is 5.32 Å². The monoisotopic (exact) mass is 258 g/mol. The van der Waals surface area contributed by atoms with Gasteiger partial charge in [-0.05, 0) is 6.92 Å². The van der Waals surface area contributed by atoms with Crippen LogP contribution in [0.15, 0.2) is 0 Å². The first-order chi connectivity index (χ1) is 8.40. The Morgan fingerprint density at radius 1 is 1.28 bits per heavy atom. The third-order valence-corrected chi connectivity index (χ3v) is 2.77. The maximum absolute atomic E-state index is 11.9. The first-order valence-corrected chi connectivity index (χ1v) is 5.69. The van der Waals surface area contributed by atoms with E-state index in [0.29, 0.717) is 26.2 Å². The number of primary amides is 1. The molecule has 0 spiro atoms. The molecule has 18 heavy (non-hydrogen) atoms. The number of hydrogen-bond acceptors (Lipinski definition) is 4. The van der Waals surface area contributed by atoms with Crippen LogP contribution in [0.25, 0.3) is 0 Å². The number of nitrogens with zero attached hydrogens (tertiary/aromatic N) is 2. The number of rotatable bonds is 4. The molecule has 0 aromatic rings. The van der Waals surface area contributed by atoms with E-state index in [0.717, 1.165) is 0 Å². The summed E-state index contributed by atoms with van der Waals surface area (Å²) >= 11 is 0. The summed E-state index contributed by atoms with van der Waals surface area (Å²) in [7, 11) is 0. The Morgan fingerprint density at radius 3 is 2.28 bits per heavy atom. The molecule has 1 aliphatic rings. The first kappa shape index (κ1) is 14.2. The third-order valence-electron chi connectivity index (χ3n) is 2.77. The van der Waals surface area contributed by atoms with Crippen LogP contribution >= 0.6 is 0 Å². The Morgan fingerprint density at radius 2 is 1.83 bits per heavy atom. The molecular weight excluding hydrogens is 240 g/mol. The molecule has 3 amide bonds. The molecule has 0 radical (unpaired) electrons. The zero-order chi connectivity index (χ0) is 13.7. The number of piperazine rings is 1. The van der Waals surface area contributed by atoms with Crippen molar-refractivity contribution in [2.24, 2.45) is 5.73 Å². The van der Waals surface area contributed by atoms with Gasteiger partial charge in [0.15, 0.2) is 0 Å². The Kier molecular flexibility index (Phi) is 4.90. The van der Waals surface area contributed by atoms with E-state index < -0.39 is 18.0 Å². The highest BCUT2D eigenvalue weighted by atomic mass is 16.4. The molecule has 8 heteroatoms. The van der Waals surface area contributed by atoms with Crippen molar-refractivity contribution < 1.29 is 19.5 Å². The van der Waals surface area contributed by atoms with Gasteiger partial charge in [0, 0.05) is 26.2 Å². The van der Waals surface area contributed by atoms with Crippen molar-refractivity contribution in [2.75, 3.05) is 32.7 Å². The van der Waals surface area contributed by atoms with Crippen LogP contribution in [0.1, 0.15) is 6.92 Å². The van der Waals surface area contributed by atoms with Gasteiger partial charge in [-0.3, -0.25) is 14.5 Å². The van der Waals surface area contributed by atoms with Gasteiger partial charge in [0.05, 0.1) is 6.54 Å². The van der Waals surface area contributed by atoms with Crippen LogP contribution in [0.5, 0.6) is 0 Å². The maximum atomic E-state index is 11.9. The fourth-order valence-electron chi connectivity index (χ4n) is 1.87. The number of amides is 3. The number of carboxylic acid groups (broad SMARTS) is 1. The van der Waals surface area contributed by atoms with Gasteiger partial charge < -0.3 is 21.1 Å². The number of aliphatic carboxylic acids is 1. The van der Waals surface area contributed by atoms with Crippen molar-refractivity contribution in [3.63, 3.8) is 0 Å². The van der Waals surface area contributed by atoms with Crippen molar-refractivity contribution in [1.82, 2.24) is 15.1 Å². The molecule has 1 heterocycles. The molecule has 8 nitrogen and oxygen atoms in total. The van der Waals surface area contributed by atoms with E-state index in [4.69, 9.17) is 10.8 Å². The predicted octanol–water partition coefficient (Wildman–Crippen LogP) is -1.73.